The topological polar surface area (TPSA) is 77.8 Å². The molecule has 0 amide bonds. The molecule has 0 spiro atoms. The third kappa shape index (κ3) is 4.16. The Morgan fingerprint density at radius 3 is 2.64 bits per heavy atom. The number of aliphatic hydroxyl groups is 2. The van der Waals surface area contributed by atoms with Crippen LogP contribution in [0, 0.1) is 40.9 Å². The molecule has 0 aromatic carbocycles. The van der Waals surface area contributed by atoms with Gasteiger partial charge in [-0.3, -0.25) is 4.79 Å². The monoisotopic (exact) mass is 388 g/mol. The summed E-state index contributed by atoms with van der Waals surface area (Å²) in [5, 5.41) is 30.2. The van der Waals surface area contributed by atoms with E-state index in [0.717, 1.165) is 32.1 Å². The van der Waals surface area contributed by atoms with Crippen molar-refractivity contribution in [2.45, 2.75) is 90.3 Å². The lowest BCUT2D eigenvalue weighted by atomic mass is 9.42. The van der Waals surface area contributed by atoms with E-state index in [9.17, 15) is 15.0 Å². The van der Waals surface area contributed by atoms with Crippen LogP contribution in [0.15, 0.2) is 11.6 Å². The number of fused-ring (bicyclic) bond motifs is 1. The average Bonchev–Trinajstić information content (AvgIpc) is 2.68. The molecule has 0 aromatic heterocycles. The summed E-state index contributed by atoms with van der Waals surface area (Å²) >= 11 is 0. The van der Waals surface area contributed by atoms with Crippen LogP contribution in [0.2, 0.25) is 0 Å². The minimum absolute atomic E-state index is 0.00749. The van der Waals surface area contributed by atoms with Gasteiger partial charge in [0.2, 0.25) is 0 Å². The van der Waals surface area contributed by atoms with Crippen molar-refractivity contribution in [3.05, 3.63) is 11.6 Å². The van der Waals surface area contributed by atoms with Gasteiger partial charge in [-0.25, -0.2) is 0 Å². The molecule has 4 nitrogen and oxygen atoms in total. The number of carboxylic acid groups (broad SMARTS) is 1. The molecule has 156 valence electrons. The molecule has 4 heteroatoms. The molecule has 0 bridgehead atoms. The van der Waals surface area contributed by atoms with Crippen molar-refractivity contribution in [2.24, 2.45) is 29.1 Å². The lowest BCUT2D eigenvalue weighted by molar-refractivity contribution is -0.136. The Labute approximate surface area is 169 Å². The predicted octanol–water partition coefficient (Wildman–Crippen LogP) is 4.16. The van der Waals surface area contributed by atoms with Crippen LogP contribution in [0.1, 0.15) is 78.1 Å². The van der Waals surface area contributed by atoms with Crippen LogP contribution in [-0.2, 0) is 4.79 Å². The van der Waals surface area contributed by atoms with E-state index >= 15 is 0 Å². The fraction of sp³-hybridized carbons (Fsp3) is 0.792. The second-order valence-electron chi connectivity index (χ2n) is 9.31. The van der Waals surface area contributed by atoms with Crippen molar-refractivity contribution in [1.82, 2.24) is 0 Å². The maximum atomic E-state index is 10.9. The van der Waals surface area contributed by atoms with Crippen LogP contribution in [-0.4, -0.2) is 33.5 Å². The van der Waals surface area contributed by atoms with Gasteiger partial charge in [0, 0.05) is 6.42 Å². The molecule has 3 rings (SSSR count). The number of aliphatic carboxylic acids is 1. The zero-order chi connectivity index (χ0) is 20.3. The van der Waals surface area contributed by atoms with Gasteiger partial charge in [0.05, 0.1) is 12.0 Å². The predicted molar refractivity (Wildman–Crippen MR) is 109 cm³/mol. The van der Waals surface area contributed by atoms with Crippen molar-refractivity contribution < 1.29 is 20.1 Å². The second-order valence-corrected chi connectivity index (χ2v) is 9.31. The molecule has 0 aromatic rings. The van der Waals surface area contributed by atoms with Crippen molar-refractivity contribution in [1.29, 1.82) is 0 Å². The van der Waals surface area contributed by atoms with Crippen molar-refractivity contribution in [3.8, 4) is 11.8 Å². The third-order valence-corrected chi connectivity index (χ3v) is 7.65. The molecule has 3 fully saturated rings. The first kappa shape index (κ1) is 21.4. The van der Waals surface area contributed by atoms with Gasteiger partial charge in [-0.05, 0) is 61.7 Å². The summed E-state index contributed by atoms with van der Waals surface area (Å²) < 4.78 is 0. The Balaban J connectivity index is 1.75. The third-order valence-electron chi connectivity index (χ3n) is 7.65. The normalized spacial score (nSPS) is 38.1. The Bertz CT molecular complexity index is 651. The average molecular weight is 389 g/mol. The molecule has 3 N–H and O–H groups in total. The maximum Gasteiger partial charge on any atom is 0.303 e. The fourth-order valence-corrected chi connectivity index (χ4v) is 6.13. The minimum Gasteiger partial charge on any atom is -0.481 e. The first-order chi connectivity index (χ1) is 13.4. The van der Waals surface area contributed by atoms with Gasteiger partial charge in [0.15, 0.2) is 0 Å². The molecule has 0 aliphatic heterocycles. The Kier molecular flexibility index (Phi) is 6.89. The molecular weight excluding hydrogens is 352 g/mol. The molecule has 0 saturated heterocycles. The summed E-state index contributed by atoms with van der Waals surface area (Å²) in [5.74, 6) is 6.51. The van der Waals surface area contributed by atoms with Crippen molar-refractivity contribution in [2.75, 3.05) is 0 Å². The Morgan fingerprint density at radius 1 is 1.29 bits per heavy atom. The largest absolute Gasteiger partial charge is 0.481 e. The molecular formula is C24H36O4. The number of rotatable bonds is 5. The van der Waals surface area contributed by atoms with Gasteiger partial charge in [-0.1, -0.05) is 56.6 Å². The van der Waals surface area contributed by atoms with Crippen molar-refractivity contribution in [3.63, 3.8) is 0 Å². The zero-order valence-corrected chi connectivity index (χ0v) is 17.4. The second kappa shape index (κ2) is 9.01. The van der Waals surface area contributed by atoms with Crippen LogP contribution in [0.3, 0.4) is 0 Å². The van der Waals surface area contributed by atoms with Crippen LogP contribution in [0.4, 0.5) is 0 Å². The molecule has 28 heavy (non-hydrogen) atoms. The molecule has 3 saturated carbocycles. The molecule has 3 aliphatic carbocycles. The lowest BCUT2D eigenvalue weighted by Gasteiger charge is -2.62. The summed E-state index contributed by atoms with van der Waals surface area (Å²) in [6.07, 6.45) is 10.2. The van der Waals surface area contributed by atoms with E-state index in [4.69, 9.17) is 5.11 Å². The highest BCUT2D eigenvalue weighted by molar-refractivity contribution is 5.66. The summed E-state index contributed by atoms with van der Waals surface area (Å²) in [4.78, 5) is 10.9. The van der Waals surface area contributed by atoms with Crippen LogP contribution >= 0.6 is 0 Å². The highest BCUT2D eigenvalue weighted by Crippen LogP contribution is 2.65. The number of hydrogen-bond acceptors (Lipinski definition) is 3. The first-order valence-electron chi connectivity index (χ1n) is 11.2. The Hall–Kier alpha value is -1.31. The van der Waals surface area contributed by atoms with Crippen LogP contribution in [0.25, 0.3) is 0 Å². The van der Waals surface area contributed by atoms with Crippen LogP contribution < -0.4 is 0 Å². The standard InChI is InChI=1S/C24H36O4/c1-3-17-19(10-7-11-22(27)28)24(2)15-14-21(26)18(23(17)24)12-13-20(25)16-8-5-4-6-9-16/h10,16-18,20-21,23,25-26H,3-9,11,14-15H2,1-2H3,(H,27,28)/t17?,18-,20+,21+,23+,24+/m0/s1. The van der Waals surface area contributed by atoms with Gasteiger partial charge < -0.3 is 15.3 Å². The van der Waals surface area contributed by atoms with Crippen LogP contribution in [0.5, 0.6) is 0 Å². The number of carbonyl (C=O) groups is 1. The van der Waals surface area contributed by atoms with E-state index in [1.807, 2.05) is 0 Å². The zero-order valence-electron chi connectivity index (χ0n) is 17.4. The Morgan fingerprint density at radius 2 is 2.00 bits per heavy atom. The minimum atomic E-state index is -0.759. The summed E-state index contributed by atoms with van der Waals surface area (Å²) in [7, 11) is 0. The first-order valence-corrected chi connectivity index (χ1v) is 11.2. The van der Waals surface area contributed by atoms with Crippen molar-refractivity contribution >= 4 is 5.97 Å². The SMILES string of the molecule is CCC1C(=CCCC(=O)O)[C@@]2(C)CC[C@@H](O)[C@H](C#C[C@@H](O)C3CCCCC3)[C@@H]12. The molecule has 1 unspecified atom stereocenters. The molecule has 0 heterocycles. The van der Waals surface area contributed by atoms with Gasteiger partial charge in [0.25, 0.3) is 0 Å². The smallest absolute Gasteiger partial charge is 0.303 e. The van der Waals surface area contributed by atoms with Gasteiger partial charge in [-0.2, -0.15) is 0 Å². The van der Waals surface area contributed by atoms with E-state index in [-0.39, 0.29) is 23.7 Å². The van der Waals surface area contributed by atoms with E-state index in [0.29, 0.717) is 18.3 Å². The van der Waals surface area contributed by atoms with Gasteiger partial charge in [-0.15, -0.1) is 0 Å². The van der Waals surface area contributed by atoms with Gasteiger partial charge in [0.1, 0.15) is 6.10 Å². The van der Waals surface area contributed by atoms with E-state index in [1.165, 1.54) is 24.8 Å². The molecule has 0 radical (unpaired) electrons. The van der Waals surface area contributed by atoms with E-state index < -0.39 is 18.2 Å². The highest BCUT2D eigenvalue weighted by Gasteiger charge is 2.59. The number of aliphatic hydroxyl groups excluding tert-OH is 2. The van der Waals surface area contributed by atoms with E-state index in [2.05, 4.69) is 31.8 Å². The molecule has 3 aliphatic rings. The lowest BCUT2D eigenvalue weighted by Crippen LogP contribution is -2.57. The number of hydrogen-bond donors (Lipinski definition) is 3. The number of carboxylic acids is 1. The van der Waals surface area contributed by atoms with Gasteiger partial charge >= 0.3 is 5.97 Å². The summed E-state index contributed by atoms with van der Waals surface area (Å²) in [6, 6.07) is 0. The quantitative estimate of drug-likeness (QED) is 0.488. The summed E-state index contributed by atoms with van der Waals surface area (Å²) in [6.45, 7) is 4.42. The molecule has 6 atom stereocenters. The summed E-state index contributed by atoms with van der Waals surface area (Å²) in [5.41, 5.74) is 1.38. The van der Waals surface area contributed by atoms with E-state index in [1.54, 1.807) is 0 Å². The fourth-order valence-electron chi connectivity index (χ4n) is 6.13. The maximum absolute atomic E-state index is 10.9. The number of allylic oxidation sites excluding steroid dienone is 2. The highest BCUT2D eigenvalue weighted by atomic mass is 16.4.